The van der Waals surface area contributed by atoms with E-state index >= 15 is 0 Å². The maximum atomic E-state index is 12.9. The molecule has 1 amide bonds. The fraction of sp³-hybridized carbons (Fsp3) is 0.208. The lowest BCUT2D eigenvalue weighted by molar-refractivity contribution is -0.115. The van der Waals surface area contributed by atoms with Gasteiger partial charge in [-0.05, 0) is 35.0 Å². The van der Waals surface area contributed by atoms with Crippen LogP contribution in [0.4, 0.5) is 5.69 Å². The first-order chi connectivity index (χ1) is 15.5. The lowest BCUT2D eigenvalue weighted by Gasteiger charge is -2.26. The highest BCUT2D eigenvalue weighted by Gasteiger charge is 2.26. The van der Waals surface area contributed by atoms with E-state index in [0.717, 1.165) is 27.3 Å². The summed E-state index contributed by atoms with van der Waals surface area (Å²) in [6, 6.07) is 18.2. The van der Waals surface area contributed by atoms with E-state index in [0.29, 0.717) is 32.0 Å². The van der Waals surface area contributed by atoms with E-state index in [-0.39, 0.29) is 17.2 Å². The number of carbonyl (C=O) groups excluding carboxylic acids is 1. The maximum absolute atomic E-state index is 12.9. The lowest BCUT2D eigenvalue weighted by Crippen LogP contribution is -2.40. The van der Waals surface area contributed by atoms with Gasteiger partial charge in [-0.2, -0.15) is 4.31 Å². The van der Waals surface area contributed by atoms with E-state index in [2.05, 4.69) is 5.32 Å². The lowest BCUT2D eigenvalue weighted by atomic mass is 10.0. The number of sulfonamides is 1. The van der Waals surface area contributed by atoms with Crippen molar-refractivity contribution in [2.24, 2.45) is 0 Å². The van der Waals surface area contributed by atoms with Crippen molar-refractivity contribution in [2.45, 2.75) is 11.3 Å². The quantitative estimate of drug-likeness (QED) is 0.500. The van der Waals surface area contributed by atoms with Crippen LogP contribution in [0.2, 0.25) is 0 Å². The molecule has 1 fully saturated rings. The first-order valence-corrected chi connectivity index (χ1v) is 11.8. The molecule has 2 heterocycles. The molecule has 0 radical (unpaired) electrons. The standard InChI is InChI=1S/C24H22N2O5S/c27-23(14-18-16-31-22-9-8-17-4-1-2-7-21(17)24(18)22)25-19-5-3-6-20(15-19)32(28,29)26-10-12-30-13-11-26/h1-9,15-16H,10-14H2,(H,25,27). The third-order valence-corrected chi connectivity index (χ3v) is 7.51. The molecule has 0 bridgehead atoms. The smallest absolute Gasteiger partial charge is 0.243 e. The minimum absolute atomic E-state index is 0.113. The van der Waals surface area contributed by atoms with Gasteiger partial charge in [0.25, 0.3) is 0 Å². The van der Waals surface area contributed by atoms with Gasteiger partial charge >= 0.3 is 0 Å². The third-order valence-electron chi connectivity index (χ3n) is 5.62. The maximum Gasteiger partial charge on any atom is 0.243 e. The molecule has 4 aromatic rings. The Morgan fingerprint density at radius 1 is 1.00 bits per heavy atom. The van der Waals surface area contributed by atoms with Crippen molar-refractivity contribution < 1.29 is 22.4 Å². The zero-order chi connectivity index (χ0) is 22.1. The average molecular weight is 451 g/mol. The van der Waals surface area contributed by atoms with Gasteiger partial charge in [0, 0.05) is 29.7 Å². The third kappa shape index (κ3) is 3.88. The van der Waals surface area contributed by atoms with Gasteiger partial charge in [0.15, 0.2) is 0 Å². The van der Waals surface area contributed by atoms with E-state index in [1.165, 1.54) is 16.4 Å². The number of carbonyl (C=O) groups is 1. The number of amides is 1. The molecule has 5 rings (SSSR count). The second-order valence-electron chi connectivity index (χ2n) is 7.69. The fourth-order valence-corrected chi connectivity index (χ4v) is 5.51. The van der Waals surface area contributed by atoms with E-state index < -0.39 is 10.0 Å². The molecule has 0 spiro atoms. The second-order valence-corrected chi connectivity index (χ2v) is 9.63. The summed E-state index contributed by atoms with van der Waals surface area (Å²) in [5.41, 5.74) is 1.94. The monoisotopic (exact) mass is 450 g/mol. The van der Waals surface area contributed by atoms with Crippen LogP contribution in [0.15, 0.2) is 76.2 Å². The number of rotatable bonds is 5. The van der Waals surface area contributed by atoms with Crippen molar-refractivity contribution >= 4 is 43.4 Å². The Morgan fingerprint density at radius 3 is 2.66 bits per heavy atom. The Labute approximate surface area is 185 Å². The molecule has 0 saturated carbocycles. The van der Waals surface area contributed by atoms with Gasteiger partial charge in [0.2, 0.25) is 15.9 Å². The molecule has 1 N–H and O–H groups in total. The summed E-state index contributed by atoms with van der Waals surface area (Å²) in [6.07, 6.45) is 1.72. The molecule has 8 heteroatoms. The van der Waals surface area contributed by atoms with Crippen molar-refractivity contribution in [3.63, 3.8) is 0 Å². The number of benzene rings is 3. The van der Waals surface area contributed by atoms with Crippen LogP contribution in [0.5, 0.6) is 0 Å². The number of fused-ring (bicyclic) bond motifs is 3. The number of ether oxygens (including phenoxy) is 1. The zero-order valence-electron chi connectivity index (χ0n) is 17.3. The number of furan rings is 1. The molecule has 0 aliphatic carbocycles. The summed E-state index contributed by atoms with van der Waals surface area (Å²) in [5, 5.41) is 5.84. The number of anilines is 1. The number of hydrogen-bond donors (Lipinski definition) is 1. The Morgan fingerprint density at radius 2 is 1.81 bits per heavy atom. The van der Waals surface area contributed by atoms with Crippen LogP contribution in [-0.4, -0.2) is 44.9 Å². The van der Waals surface area contributed by atoms with Crippen molar-refractivity contribution in [2.75, 3.05) is 31.6 Å². The Balaban J connectivity index is 1.37. The first-order valence-electron chi connectivity index (χ1n) is 10.4. The van der Waals surface area contributed by atoms with Gasteiger partial charge in [-0.15, -0.1) is 0 Å². The number of morpholine rings is 1. The molecule has 0 atom stereocenters. The SMILES string of the molecule is O=C(Cc1coc2ccc3ccccc3c12)Nc1cccc(S(=O)(=O)N2CCOCC2)c1. The highest BCUT2D eigenvalue weighted by Crippen LogP contribution is 2.30. The van der Waals surface area contributed by atoms with Gasteiger partial charge in [-0.25, -0.2) is 8.42 Å². The number of hydrogen-bond acceptors (Lipinski definition) is 5. The van der Waals surface area contributed by atoms with Gasteiger partial charge < -0.3 is 14.5 Å². The molecule has 1 aliphatic rings. The molecule has 1 aliphatic heterocycles. The second kappa shape index (κ2) is 8.38. The molecule has 3 aromatic carbocycles. The molecular formula is C24H22N2O5S. The van der Waals surface area contributed by atoms with Crippen LogP contribution in [0.25, 0.3) is 21.7 Å². The molecule has 164 valence electrons. The Hall–Kier alpha value is -3.20. The minimum Gasteiger partial charge on any atom is -0.464 e. The molecular weight excluding hydrogens is 428 g/mol. The fourth-order valence-electron chi connectivity index (χ4n) is 4.05. The van der Waals surface area contributed by atoms with E-state index in [4.69, 9.17) is 9.15 Å². The first kappa shape index (κ1) is 20.7. The minimum atomic E-state index is -3.64. The molecule has 1 saturated heterocycles. The predicted molar refractivity (Wildman–Crippen MR) is 122 cm³/mol. The summed E-state index contributed by atoms with van der Waals surface area (Å²) in [7, 11) is -3.64. The van der Waals surface area contributed by atoms with Crippen LogP contribution in [-0.2, 0) is 26.0 Å². The number of nitrogens with zero attached hydrogens (tertiary/aromatic N) is 1. The molecule has 7 nitrogen and oxygen atoms in total. The number of nitrogens with one attached hydrogen (secondary N) is 1. The predicted octanol–water partition coefficient (Wildman–Crippen LogP) is 3.79. The Kier molecular flexibility index (Phi) is 5.42. The molecule has 32 heavy (non-hydrogen) atoms. The summed E-state index contributed by atoms with van der Waals surface area (Å²) < 4.78 is 38.1. The largest absolute Gasteiger partial charge is 0.464 e. The van der Waals surface area contributed by atoms with Crippen LogP contribution < -0.4 is 5.32 Å². The van der Waals surface area contributed by atoms with E-state index in [1.54, 1.807) is 18.4 Å². The molecule has 1 aromatic heterocycles. The summed E-state index contributed by atoms with van der Waals surface area (Å²) in [4.78, 5) is 12.9. The van der Waals surface area contributed by atoms with Gasteiger partial charge in [-0.3, -0.25) is 4.79 Å². The van der Waals surface area contributed by atoms with Gasteiger partial charge in [-0.1, -0.05) is 36.4 Å². The molecule has 0 unspecified atom stereocenters. The highest BCUT2D eigenvalue weighted by atomic mass is 32.2. The van der Waals surface area contributed by atoms with Crippen molar-refractivity contribution in [1.29, 1.82) is 0 Å². The van der Waals surface area contributed by atoms with Gasteiger partial charge in [0.1, 0.15) is 5.58 Å². The summed E-state index contributed by atoms with van der Waals surface area (Å²) in [5.74, 6) is -0.249. The van der Waals surface area contributed by atoms with E-state index in [1.807, 2.05) is 36.4 Å². The average Bonchev–Trinajstić information content (AvgIpc) is 3.23. The summed E-state index contributed by atoms with van der Waals surface area (Å²) >= 11 is 0. The zero-order valence-corrected chi connectivity index (χ0v) is 18.1. The normalized spacial score (nSPS) is 15.2. The van der Waals surface area contributed by atoms with Crippen LogP contribution in [0, 0.1) is 0 Å². The van der Waals surface area contributed by atoms with Crippen LogP contribution in [0.3, 0.4) is 0 Å². The topological polar surface area (TPSA) is 88.8 Å². The van der Waals surface area contributed by atoms with E-state index in [9.17, 15) is 13.2 Å². The van der Waals surface area contributed by atoms with Gasteiger partial charge in [0.05, 0.1) is 30.8 Å². The van der Waals surface area contributed by atoms with Crippen LogP contribution in [0.1, 0.15) is 5.56 Å². The van der Waals surface area contributed by atoms with Crippen LogP contribution >= 0.6 is 0 Å². The van der Waals surface area contributed by atoms with Crippen molar-refractivity contribution in [3.8, 4) is 0 Å². The highest BCUT2D eigenvalue weighted by molar-refractivity contribution is 7.89. The Bertz CT molecular complexity index is 1400. The van der Waals surface area contributed by atoms with Crippen molar-refractivity contribution in [3.05, 3.63) is 72.5 Å². The van der Waals surface area contributed by atoms with Crippen molar-refractivity contribution in [1.82, 2.24) is 4.31 Å². The summed E-state index contributed by atoms with van der Waals surface area (Å²) in [6.45, 7) is 1.40.